The zero-order valence-corrected chi connectivity index (χ0v) is 14.8. The van der Waals surface area contributed by atoms with Gasteiger partial charge in [-0.1, -0.05) is 0 Å². The molecule has 3 heterocycles. The van der Waals surface area contributed by atoms with Crippen molar-refractivity contribution in [2.45, 2.75) is 55.9 Å². The van der Waals surface area contributed by atoms with Crippen molar-refractivity contribution in [2.24, 2.45) is 0 Å². The molecule has 0 unspecified atom stereocenters. The Morgan fingerprint density at radius 1 is 1.33 bits per heavy atom. The van der Waals surface area contributed by atoms with Crippen molar-refractivity contribution in [1.82, 2.24) is 14.5 Å². The van der Waals surface area contributed by atoms with Crippen LogP contribution in [-0.2, 0) is 14.8 Å². The van der Waals surface area contributed by atoms with E-state index in [-0.39, 0.29) is 16.9 Å². The second kappa shape index (κ2) is 5.93. The van der Waals surface area contributed by atoms with Crippen LogP contribution in [0.25, 0.3) is 0 Å². The van der Waals surface area contributed by atoms with Crippen LogP contribution in [0.1, 0.15) is 37.8 Å². The molecule has 2 aliphatic heterocycles. The average molecular weight is 352 g/mol. The summed E-state index contributed by atoms with van der Waals surface area (Å²) >= 11 is 0. The standard InChI is InChI=1S/C16H24N4O3S/c1-12-3-6-15(19-18-12)17-13-9-16(23-10-13)7-2-8-20(11-16)24(21,22)14-4-5-14/h3,6,13-14H,2,4-5,7-11H2,1H3,(H,17,19)/t13-,16+/m0/s1. The van der Waals surface area contributed by atoms with Gasteiger partial charge < -0.3 is 10.1 Å². The summed E-state index contributed by atoms with van der Waals surface area (Å²) in [6, 6.07) is 3.98. The van der Waals surface area contributed by atoms with Crippen LogP contribution in [0.4, 0.5) is 5.82 Å². The van der Waals surface area contributed by atoms with E-state index in [9.17, 15) is 8.42 Å². The van der Waals surface area contributed by atoms with Crippen molar-refractivity contribution in [3.63, 3.8) is 0 Å². The van der Waals surface area contributed by atoms with E-state index in [0.717, 1.165) is 43.6 Å². The quantitative estimate of drug-likeness (QED) is 0.880. The first-order valence-electron chi connectivity index (χ1n) is 8.67. The fourth-order valence-electron chi connectivity index (χ4n) is 3.76. The van der Waals surface area contributed by atoms with E-state index in [0.29, 0.717) is 19.7 Å². The minimum Gasteiger partial charge on any atom is -0.371 e. The van der Waals surface area contributed by atoms with Gasteiger partial charge in [-0.25, -0.2) is 8.42 Å². The Kier molecular flexibility index (Phi) is 4.01. The lowest BCUT2D eigenvalue weighted by atomic mass is 9.90. The number of aryl methyl sites for hydroxylation is 1. The molecule has 24 heavy (non-hydrogen) atoms. The van der Waals surface area contributed by atoms with E-state index in [4.69, 9.17) is 4.74 Å². The third kappa shape index (κ3) is 3.14. The molecule has 0 amide bonds. The van der Waals surface area contributed by atoms with Crippen LogP contribution < -0.4 is 5.32 Å². The summed E-state index contributed by atoms with van der Waals surface area (Å²) in [6.45, 7) is 3.60. The summed E-state index contributed by atoms with van der Waals surface area (Å²) in [5.41, 5.74) is 0.531. The molecule has 1 aliphatic carbocycles. The van der Waals surface area contributed by atoms with Crippen LogP contribution in [0.3, 0.4) is 0 Å². The van der Waals surface area contributed by atoms with Crippen LogP contribution in [0.15, 0.2) is 12.1 Å². The summed E-state index contributed by atoms with van der Waals surface area (Å²) < 4.78 is 32.8. The normalized spacial score (nSPS) is 31.5. The van der Waals surface area contributed by atoms with Gasteiger partial charge in [-0.3, -0.25) is 0 Å². The average Bonchev–Trinajstić information content (AvgIpc) is 3.36. The van der Waals surface area contributed by atoms with Gasteiger partial charge in [-0.15, -0.1) is 5.10 Å². The van der Waals surface area contributed by atoms with Crippen molar-refractivity contribution in [1.29, 1.82) is 0 Å². The summed E-state index contributed by atoms with van der Waals surface area (Å²) in [7, 11) is -3.12. The highest BCUT2D eigenvalue weighted by molar-refractivity contribution is 7.90. The van der Waals surface area contributed by atoms with Crippen LogP contribution >= 0.6 is 0 Å². The van der Waals surface area contributed by atoms with Gasteiger partial charge in [0.05, 0.1) is 29.2 Å². The maximum Gasteiger partial charge on any atom is 0.217 e. The molecule has 4 rings (SSSR count). The molecule has 8 heteroatoms. The van der Waals surface area contributed by atoms with E-state index in [1.54, 1.807) is 4.31 Å². The molecular weight excluding hydrogens is 328 g/mol. The highest BCUT2D eigenvalue weighted by Crippen LogP contribution is 2.39. The number of aromatic nitrogens is 2. The molecule has 0 aromatic carbocycles. The third-order valence-corrected chi connectivity index (χ3v) is 7.51. The molecule has 7 nitrogen and oxygen atoms in total. The Morgan fingerprint density at radius 3 is 2.88 bits per heavy atom. The number of hydrogen-bond acceptors (Lipinski definition) is 6. The van der Waals surface area contributed by atoms with E-state index >= 15 is 0 Å². The van der Waals surface area contributed by atoms with Crippen molar-refractivity contribution < 1.29 is 13.2 Å². The minimum atomic E-state index is -3.12. The van der Waals surface area contributed by atoms with Crippen LogP contribution in [-0.4, -0.2) is 59.5 Å². The number of piperidine rings is 1. The number of ether oxygens (including phenoxy) is 1. The maximum absolute atomic E-state index is 12.5. The molecule has 1 aromatic heterocycles. The number of rotatable bonds is 4. The molecule has 3 fully saturated rings. The summed E-state index contributed by atoms with van der Waals surface area (Å²) in [5.74, 6) is 0.740. The highest BCUT2D eigenvalue weighted by atomic mass is 32.2. The maximum atomic E-state index is 12.5. The van der Waals surface area contributed by atoms with Crippen LogP contribution in [0.2, 0.25) is 0 Å². The van der Waals surface area contributed by atoms with E-state index in [1.807, 2.05) is 19.1 Å². The first kappa shape index (κ1) is 16.2. The zero-order valence-electron chi connectivity index (χ0n) is 13.9. The minimum absolute atomic E-state index is 0.144. The predicted octanol–water partition coefficient (Wildman–Crippen LogP) is 1.31. The van der Waals surface area contributed by atoms with Gasteiger partial charge in [-0.2, -0.15) is 9.40 Å². The molecule has 132 valence electrons. The van der Waals surface area contributed by atoms with Gasteiger partial charge in [0.2, 0.25) is 10.0 Å². The Morgan fingerprint density at radius 2 is 2.17 bits per heavy atom. The van der Waals surface area contributed by atoms with Crippen molar-refractivity contribution in [2.75, 3.05) is 25.0 Å². The summed E-state index contributed by atoms with van der Waals surface area (Å²) in [4.78, 5) is 0. The summed E-state index contributed by atoms with van der Waals surface area (Å²) in [5, 5.41) is 11.4. The van der Waals surface area contributed by atoms with Gasteiger partial charge in [0, 0.05) is 19.5 Å². The van der Waals surface area contributed by atoms with E-state index < -0.39 is 10.0 Å². The number of sulfonamides is 1. The van der Waals surface area contributed by atoms with Gasteiger partial charge >= 0.3 is 0 Å². The van der Waals surface area contributed by atoms with Crippen LogP contribution in [0.5, 0.6) is 0 Å². The monoisotopic (exact) mass is 352 g/mol. The second-order valence-electron chi connectivity index (χ2n) is 7.28. The van der Waals surface area contributed by atoms with E-state index in [2.05, 4.69) is 15.5 Å². The topological polar surface area (TPSA) is 84.4 Å². The molecule has 2 atom stereocenters. The Hall–Kier alpha value is -1.25. The van der Waals surface area contributed by atoms with Crippen molar-refractivity contribution in [3.8, 4) is 0 Å². The molecule has 2 saturated heterocycles. The number of anilines is 1. The molecule has 3 aliphatic rings. The molecule has 0 radical (unpaired) electrons. The smallest absolute Gasteiger partial charge is 0.217 e. The lowest BCUT2D eigenvalue weighted by Gasteiger charge is -2.39. The van der Waals surface area contributed by atoms with Crippen LogP contribution in [0, 0.1) is 6.92 Å². The van der Waals surface area contributed by atoms with Gasteiger partial charge in [-0.05, 0) is 44.7 Å². The number of nitrogens with one attached hydrogen (secondary N) is 1. The Labute approximate surface area is 142 Å². The lowest BCUT2D eigenvalue weighted by Crippen LogP contribution is -2.51. The number of nitrogens with zero attached hydrogens (tertiary/aromatic N) is 3. The number of hydrogen-bond donors (Lipinski definition) is 1. The fourth-order valence-corrected chi connectivity index (χ4v) is 5.71. The molecular formula is C16H24N4O3S. The molecule has 0 bridgehead atoms. The Balaban J connectivity index is 1.42. The van der Waals surface area contributed by atoms with Gasteiger partial charge in [0.1, 0.15) is 5.82 Å². The first-order chi connectivity index (χ1) is 11.5. The fraction of sp³-hybridized carbons (Fsp3) is 0.750. The lowest BCUT2D eigenvalue weighted by molar-refractivity contribution is -0.0329. The predicted molar refractivity (Wildman–Crippen MR) is 90.2 cm³/mol. The molecule has 1 spiro atoms. The van der Waals surface area contributed by atoms with E-state index in [1.165, 1.54) is 0 Å². The first-order valence-corrected chi connectivity index (χ1v) is 10.2. The zero-order chi connectivity index (χ0) is 16.8. The SMILES string of the molecule is Cc1ccc(N[C@@H]2CO[C@]3(CCCN(S(=O)(=O)C4CC4)C3)C2)nn1. The Bertz CT molecular complexity index is 705. The third-order valence-electron chi connectivity index (χ3n) is 5.17. The molecule has 1 N–H and O–H groups in total. The summed E-state index contributed by atoms with van der Waals surface area (Å²) in [6.07, 6.45) is 4.20. The van der Waals surface area contributed by atoms with Gasteiger partial charge in [0.15, 0.2) is 0 Å². The van der Waals surface area contributed by atoms with Crippen molar-refractivity contribution in [3.05, 3.63) is 17.8 Å². The second-order valence-corrected chi connectivity index (χ2v) is 9.49. The van der Waals surface area contributed by atoms with Crippen molar-refractivity contribution >= 4 is 15.8 Å². The molecule has 1 saturated carbocycles. The highest BCUT2D eigenvalue weighted by Gasteiger charge is 2.49. The van der Waals surface area contributed by atoms with Gasteiger partial charge in [0.25, 0.3) is 0 Å². The molecule has 1 aromatic rings. The largest absolute Gasteiger partial charge is 0.371 e.